The average Bonchev–Trinajstić information content (AvgIpc) is 3.13. The summed E-state index contributed by atoms with van der Waals surface area (Å²) in [5, 5.41) is 10.3. The molecule has 1 atom stereocenters. The Labute approximate surface area is 192 Å². The van der Waals surface area contributed by atoms with Crippen LogP contribution in [0.2, 0.25) is 10.0 Å². The Morgan fingerprint density at radius 2 is 2.06 bits per heavy atom. The molecule has 1 aliphatic rings. The molecule has 5 nitrogen and oxygen atoms in total. The second-order valence-corrected chi connectivity index (χ2v) is 8.77. The molecule has 1 aromatic heterocycles. The van der Waals surface area contributed by atoms with E-state index >= 15 is 0 Å². The minimum Gasteiger partial charge on any atom is -0.391 e. The molecule has 1 amide bonds. The van der Waals surface area contributed by atoms with E-state index in [0.717, 1.165) is 12.1 Å². The normalized spacial score (nSPS) is 17.2. The molecule has 10 heteroatoms. The summed E-state index contributed by atoms with van der Waals surface area (Å²) in [6.45, 7) is 2.32. The van der Waals surface area contributed by atoms with E-state index in [1.807, 2.05) is 0 Å². The lowest BCUT2D eigenvalue weighted by Gasteiger charge is -2.30. The molecule has 2 N–H and O–H groups in total. The van der Waals surface area contributed by atoms with Crippen molar-refractivity contribution in [2.24, 2.45) is 0 Å². The summed E-state index contributed by atoms with van der Waals surface area (Å²) in [6.07, 6.45) is -3.59. The second-order valence-electron chi connectivity index (χ2n) is 7.98. The van der Waals surface area contributed by atoms with Gasteiger partial charge in [-0.15, -0.1) is 0 Å². The highest BCUT2D eigenvalue weighted by Crippen LogP contribution is 2.34. The van der Waals surface area contributed by atoms with Crippen LogP contribution in [-0.4, -0.2) is 45.1 Å². The Kier molecular flexibility index (Phi) is 6.13. The number of H-pyrrole nitrogens is 1. The van der Waals surface area contributed by atoms with Crippen molar-refractivity contribution in [3.05, 3.63) is 62.4 Å². The number of halogens is 5. The zero-order valence-electron chi connectivity index (χ0n) is 17.1. The quantitative estimate of drug-likeness (QED) is 0.522. The number of hydrogen-bond donors (Lipinski definition) is 2. The van der Waals surface area contributed by atoms with Crippen molar-refractivity contribution in [1.29, 1.82) is 0 Å². The van der Waals surface area contributed by atoms with Crippen LogP contribution >= 0.6 is 23.2 Å². The third-order valence-corrected chi connectivity index (χ3v) is 6.38. The summed E-state index contributed by atoms with van der Waals surface area (Å²) in [4.78, 5) is 21.8. The standard InChI is InChI=1S/C22H20Cl2F3N3O2/c1-11-7-12(22(25,26)27)8-17-20(11)29-18(28-17)9-15-16(23)5-4-14(19(15)24)21(32)30-6-2-3-13(31)10-30/h4-5,7-8,13,31H,2-3,6,9-10H2,1H3,(H,28,29). The van der Waals surface area contributed by atoms with Crippen molar-refractivity contribution in [3.8, 4) is 0 Å². The maximum Gasteiger partial charge on any atom is 0.416 e. The minimum absolute atomic E-state index is 0.108. The number of fused-ring (bicyclic) bond motifs is 1. The number of piperidine rings is 1. The van der Waals surface area contributed by atoms with Crippen LogP contribution in [0.1, 0.15) is 45.7 Å². The molecule has 0 aliphatic carbocycles. The van der Waals surface area contributed by atoms with Crippen LogP contribution in [0.5, 0.6) is 0 Å². The number of nitrogens with zero attached hydrogens (tertiary/aromatic N) is 2. The third-order valence-electron chi connectivity index (χ3n) is 5.60. The summed E-state index contributed by atoms with van der Waals surface area (Å²) >= 11 is 12.9. The molecule has 4 rings (SSSR count). The number of aliphatic hydroxyl groups excluding tert-OH is 1. The van der Waals surface area contributed by atoms with Gasteiger partial charge in [0.2, 0.25) is 0 Å². The average molecular weight is 486 g/mol. The number of nitrogens with one attached hydrogen (secondary N) is 1. The largest absolute Gasteiger partial charge is 0.416 e. The number of carbonyl (C=O) groups is 1. The minimum atomic E-state index is -4.46. The topological polar surface area (TPSA) is 69.2 Å². The van der Waals surface area contributed by atoms with Crippen LogP contribution in [-0.2, 0) is 12.6 Å². The number of hydrogen-bond acceptors (Lipinski definition) is 3. The Hall–Kier alpha value is -2.29. The smallest absolute Gasteiger partial charge is 0.391 e. The summed E-state index contributed by atoms with van der Waals surface area (Å²) in [5.41, 5.74) is 1.02. The monoisotopic (exact) mass is 485 g/mol. The Morgan fingerprint density at radius 1 is 1.31 bits per heavy atom. The van der Waals surface area contributed by atoms with E-state index in [1.54, 1.807) is 17.9 Å². The third kappa shape index (κ3) is 4.44. The summed E-state index contributed by atoms with van der Waals surface area (Å²) in [7, 11) is 0. The number of aromatic nitrogens is 2. The van der Waals surface area contributed by atoms with Crippen molar-refractivity contribution in [2.75, 3.05) is 13.1 Å². The van der Waals surface area contributed by atoms with Crippen LogP contribution in [0, 0.1) is 6.92 Å². The van der Waals surface area contributed by atoms with Crippen molar-refractivity contribution >= 4 is 40.1 Å². The van der Waals surface area contributed by atoms with Crippen LogP contribution in [0.3, 0.4) is 0 Å². The highest BCUT2D eigenvalue weighted by atomic mass is 35.5. The summed E-state index contributed by atoms with van der Waals surface area (Å²) in [6, 6.07) is 5.17. The van der Waals surface area contributed by atoms with Crippen LogP contribution in [0.25, 0.3) is 11.0 Å². The van der Waals surface area contributed by atoms with Crippen LogP contribution in [0.4, 0.5) is 13.2 Å². The fourth-order valence-corrected chi connectivity index (χ4v) is 4.58. The number of benzene rings is 2. The molecule has 0 spiro atoms. The molecule has 2 aromatic carbocycles. The van der Waals surface area contributed by atoms with E-state index < -0.39 is 17.8 Å². The number of imidazole rings is 1. The van der Waals surface area contributed by atoms with Gasteiger partial charge in [-0.3, -0.25) is 4.79 Å². The van der Waals surface area contributed by atoms with E-state index in [1.165, 1.54) is 6.07 Å². The molecule has 32 heavy (non-hydrogen) atoms. The lowest BCUT2D eigenvalue weighted by molar-refractivity contribution is -0.137. The number of aromatic amines is 1. The molecule has 1 unspecified atom stereocenters. The lowest BCUT2D eigenvalue weighted by atomic mass is 10.0. The van der Waals surface area contributed by atoms with Crippen LogP contribution in [0.15, 0.2) is 24.3 Å². The first kappa shape index (κ1) is 22.9. The molecule has 1 aliphatic heterocycles. The van der Waals surface area contributed by atoms with Gasteiger partial charge < -0.3 is 15.0 Å². The van der Waals surface area contributed by atoms with Gasteiger partial charge >= 0.3 is 6.18 Å². The molecule has 170 valence electrons. The van der Waals surface area contributed by atoms with Gasteiger partial charge in [0.05, 0.1) is 33.3 Å². The van der Waals surface area contributed by atoms with E-state index in [-0.39, 0.29) is 35.0 Å². The first-order valence-electron chi connectivity index (χ1n) is 10.0. The summed E-state index contributed by atoms with van der Waals surface area (Å²) < 4.78 is 39.4. The Morgan fingerprint density at radius 3 is 2.75 bits per heavy atom. The van der Waals surface area contributed by atoms with Crippen molar-refractivity contribution in [2.45, 2.75) is 38.5 Å². The lowest BCUT2D eigenvalue weighted by Crippen LogP contribution is -2.42. The van der Waals surface area contributed by atoms with Gasteiger partial charge in [0, 0.05) is 24.5 Å². The van der Waals surface area contributed by atoms with E-state index in [2.05, 4.69) is 9.97 Å². The number of aryl methyl sites for hydroxylation is 1. The molecule has 1 fully saturated rings. The first-order chi connectivity index (χ1) is 15.0. The predicted molar refractivity (Wildman–Crippen MR) is 116 cm³/mol. The zero-order chi connectivity index (χ0) is 23.2. The Bertz CT molecular complexity index is 1190. The zero-order valence-corrected chi connectivity index (χ0v) is 18.6. The van der Waals surface area contributed by atoms with Crippen LogP contribution < -0.4 is 0 Å². The van der Waals surface area contributed by atoms with Gasteiger partial charge in [-0.1, -0.05) is 23.2 Å². The van der Waals surface area contributed by atoms with Gasteiger partial charge in [-0.25, -0.2) is 4.98 Å². The molecule has 0 radical (unpaired) electrons. The molecule has 0 saturated carbocycles. The first-order valence-corrected chi connectivity index (χ1v) is 10.8. The van der Waals surface area contributed by atoms with E-state index in [4.69, 9.17) is 23.2 Å². The van der Waals surface area contributed by atoms with Gasteiger partial charge in [0.1, 0.15) is 5.82 Å². The molecular weight excluding hydrogens is 466 g/mol. The SMILES string of the molecule is Cc1cc(C(F)(F)F)cc2[nH]c(Cc3c(Cl)ccc(C(=O)N4CCCC(O)C4)c3Cl)nc12. The number of carbonyl (C=O) groups excluding carboxylic acids is 1. The predicted octanol–water partition coefficient (Wildman–Crippen LogP) is 5.38. The fourth-order valence-electron chi connectivity index (χ4n) is 3.99. The highest BCUT2D eigenvalue weighted by Gasteiger charge is 2.31. The molecule has 2 heterocycles. The Balaban J connectivity index is 1.67. The van der Waals surface area contributed by atoms with E-state index in [0.29, 0.717) is 46.9 Å². The number of likely N-dealkylation sites (tertiary alicyclic amines) is 1. The second kappa shape index (κ2) is 8.57. The van der Waals surface area contributed by atoms with Crippen molar-refractivity contribution < 1.29 is 23.1 Å². The van der Waals surface area contributed by atoms with Gasteiger partial charge in [-0.05, 0) is 55.2 Å². The molecule has 0 bridgehead atoms. The summed E-state index contributed by atoms with van der Waals surface area (Å²) in [5.74, 6) is 0.0751. The highest BCUT2D eigenvalue weighted by molar-refractivity contribution is 6.38. The number of alkyl halides is 3. The maximum atomic E-state index is 13.1. The number of rotatable bonds is 3. The fraction of sp³-hybridized carbons (Fsp3) is 0.364. The molecule has 1 saturated heterocycles. The number of amides is 1. The van der Waals surface area contributed by atoms with Crippen molar-refractivity contribution in [1.82, 2.24) is 14.9 Å². The number of aliphatic hydroxyl groups is 1. The van der Waals surface area contributed by atoms with E-state index in [9.17, 15) is 23.1 Å². The number of β-amino-alcohol motifs (C(OH)–C–C–N with tert-alkyl or cyclic N) is 1. The molecular formula is C22H20Cl2F3N3O2. The maximum absolute atomic E-state index is 13.1. The molecule has 3 aromatic rings. The van der Waals surface area contributed by atoms with Crippen molar-refractivity contribution in [3.63, 3.8) is 0 Å². The van der Waals surface area contributed by atoms with Gasteiger partial charge in [0.25, 0.3) is 5.91 Å². The van der Waals surface area contributed by atoms with Gasteiger partial charge in [-0.2, -0.15) is 13.2 Å². The van der Waals surface area contributed by atoms with Gasteiger partial charge in [0.15, 0.2) is 0 Å².